The Kier molecular flexibility index (Phi) is 4.82. The van der Waals surface area contributed by atoms with Crippen LogP contribution in [0.4, 0.5) is 0 Å². The van der Waals surface area contributed by atoms with Gasteiger partial charge in [0.15, 0.2) is 0 Å². The van der Waals surface area contributed by atoms with E-state index >= 15 is 0 Å². The summed E-state index contributed by atoms with van der Waals surface area (Å²) in [6.45, 7) is 3.18. The van der Waals surface area contributed by atoms with Gasteiger partial charge < -0.3 is 9.84 Å². The van der Waals surface area contributed by atoms with Crippen molar-refractivity contribution in [2.45, 2.75) is 20.1 Å². The number of carbonyl (C=O) groups is 1. The molecule has 20 heavy (non-hydrogen) atoms. The Morgan fingerprint density at radius 2 is 2.05 bits per heavy atom. The molecule has 0 aliphatic rings. The molecule has 0 amide bonds. The first kappa shape index (κ1) is 15.1. The van der Waals surface area contributed by atoms with Crippen LogP contribution in [-0.2, 0) is 13.2 Å². The normalized spacial score (nSPS) is 10.6. The van der Waals surface area contributed by atoms with Gasteiger partial charge in [0.25, 0.3) is 0 Å². The summed E-state index contributed by atoms with van der Waals surface area (Å²) in [7, 11) is 0. The molecule has 0 saturated carbocycles. The van der Waals surface area contributed by atoms with Crippen LogP contribution < -0.4 is 4.74 Å². The highest BCUT2D eigenvalue weighted by atomic mass is 79.9. The van der Waals surface area contributed by atoms with Crippen molar-refractivity contribution in [3.05, 3.63) is 44.6 Å². The van der Waals surface area contributed by atoms with Crippen LogP contribution in [0.5, 0.6) is 5.75 Å². The number of carboxylic acids is 1. The number of carboxylic acid groups (broad SMARTS) is 1. The number of aromatic nitrogens is 2. The number of halogens is 2. The van der Waals surface area contributed by atoms with Gasteiger partial charge >= 0.3 is 5.97 Å². The van der Waals surface area contributed by atoms with E-state index in [1.54, 1.807) is 6.20 Å². The average molecular weight is 404 g/mol. The van der Waals surface area contributed by atoms with E-state index in [1.807, 2.05) is 17.8 Å². The second-order valence-corrected chi connectivity index (χ2v) is 5.78. The lowest BCUT2D eigenvalue weighted by Crippen LogP contribution is -2.00. The first-order chi connectivity index (χ1) is 9.51. The lowest BCUT2D eigenvalue weighted by atomic mass is 10.2. The van der Waals surface area contributed by atoms with E-state index in [4.69, 9.17) is 9.84 Å². The first-order valence-corrected chi connectivity index (χ1v) is 7.46. The monoisotopic (exact) mass is 402 g/mol. The Bertz CT molecular complexity index is 617. The van der Waals surface area contributed by atoms with Crippen molar-refractivity contribution in [3.8, 4) is 5.75 Å². The zero-order chi connectivity index (χ0) is 14.7. The summed E-state index contributed by atoms with van der Waals surface area (Å²) in [5.41, 5.74) is 1.14. The summed E-state index contributed by atoms with van der Waals surface area (Å²) < 4.78 is 8.70. The highest BCUT2D eigenvalue weighted by Crippen LogP contribution is 2.35. The van der Waals surface area contributed by atoms with Gasteiger partial charge in [0, 0.05) is 18.3 Å². The summed E-state index contributed by atoms with van der Waals surface area (Å²) in [4.78, 5) is 10.9. The fraction of sp³-hybridized carbons (Fsp3) is 0.231. The van der Waals surface area contributed by atoms with Crippen LogP contribution in [-0.4, -0.2) is 20.9 Å². The third-order valence-corrected chi connectivity index (χ3v) is 3.82. The molecule has 0 unspecified atom stereocenters. The molecule has 1 aromatic heterocycles. The van der Waals surface area contributed by atoms with Gasteiger partial charge in [0.2, 0.25) is 0 Å². The summed E-state index contributed by atoms with van der Waals surface area (Å²) >= 11 is 6.64. The molecule has 5 nitrogen and oxygen atoms in total. The van der Waals surface area contributed by atoms with Crippen LogP contribution in [0.3, 0.4) is 0 Å². The van der Waals surface area contributed by atoms with Crippen LogP contribution in [0, 0.1) is 0 Å². The second kappa shape index (κ2) is 6.41. The van der Waals surface area contributed by atoms with Crippen LogP contribution in [0.25, 0.3) is 0 Å². The fourth-order valence-corrected chi connectivity index (χ4v) is 3.05. The maximum Gasteiger partial charge on any atom is 0.335 e. The van der Waals surface area contributed by atoms with E-state index in [2.05, 4.69) is 37.0 Å². The maximum atomic E-state index is 10.9. The Hall–Kier alpha value is -1.34. The number of hydrogen-bond donors (Lipinski definition) is 1. The lowest BCUT2D eigenvalue weighted by Gasteiger charge is -2.10. The smallest absolute Gasteiger partial charge is 0.335 e. The van der Waals surface area contributed by atoms with E-state index in [9.17, 15) is 4.79 Å². The predicted molar refractivity (Wildman–Crippen MR) is 81.0 cm³/mol. The largest absolute Gasteiger partial charge is 0.486 e. The number of benzene rings is 1. The number of aromatic carboxylic acids is 1. The molecule has 0 radical (unpaired) electrons. The van der Waals surface area contributed by atoms with Gasteiger partial charge in [0.05, 0.1) is 20.7 Å². The van der Waals surface area contributed by atoms with Crippen molar-refractivity contribution < 1.29 is 14.6 Å². The van der Waals surface area contributed by atoms with E-state index in [-0.39, 0.29) is 5.56 Å². The highest BCUT2D eigenvalue weighted by Gasteiger charge is 2.13. The molecule has 0 spiro atoms. The molecule has 0 atom stereocenters. The zero-order valence-corrected chi connectivity index (χ0v) is 13.8. The molecule has 0 bridgehead atoms. The van der Waals surface area contributed by atoms with E-state index < -0.39 is 5.97 Å². The molecule has 2 aromatic rings. The molecule has 2 rings (SSSR count). The number of hydrogen-bond acceptors (Lipinski definition) is 3. The Balaban J connectivity index is 2.15. The van der Waals surface area contributed by atoms with Crippen molar-refractivity contribution >= 4 is 37.8 Å². The molecule has 7 heteroatoms. The van der Waals surface area contributed by atoms with Gasteiger partial charge in [-0.1, -0.05) is 0 Å². The predicted octanol–water partition coefficient (Wildman–Crippen LogP) is 3.71. The molecule has 0 fully saturated rings. The molecule has 0 saturated heterocycles. The Morgan fingerprint density at radius 3 is 2.55 bits per heavy atom. The van der Waals surface area contributed by atoms with Crippen molar-refractivity contribution in [2.24, 2.45) is 0 Å². The molecular weight excluding hydrogens is 392 g/mol. The summed E-state index contributed by atoms with van der Waals surface area (Å²) in [5.74, 6) is -0.415. The van der Waals surface area contributed by atoms with E-state index in [0.29, 0.717) is 21.3 Å². The van der Waals surface area contributed by atoms with Crippen molar-refractivity contribution in [1.82, 2.24) is 9.78 Å². The highest BCUT2D eigenvalue weighted by molar-refractivity contribution is 9.11. The molecule has 1 aromatic carbocycles. The minimum atomic E-state index is -0.984. The summed E-state index contributed by atoms with van der Waals surface area (Å²) in [5, 5.41) is 13.1. The standard InChI is InChI=1S/C13H12Br2N2O3/c1-2-17-6-8(5-16-17)7-20-12-10(14)3-9(13(18)19)4-11(12)15/h3-6H,2,7H2,1H3,(H,18,19). The van der Waals surface area contributed by atoms with Crippen molar-refractivity contribution in [3.63, 3.8) is 0 Å². The van der Waals surface area contributed by atoms with Gasteiger partial charge in [0.1, 0.15) is 12.4 Å². The summed E-state index contributed by atoms with van der Waals surface area (Å²) in [6, 6.07) is 3.02. The van der Waals surface area contributed by atoms with Gasteiger partial charge in [-0.25, -0.2) is 4.79 Å². The minimum absolute atomic E-state index is 0.190. The van der Waals surface area contributed by atoms with Crippen LogP contribution in [0.2, 0.25) is 0 Å². The lowest BCUT2D eigenvalue weighted by molar-refractivity contribution is 0.0696. The Labute approximate surface area is 132 Å². The average Bonchev–Trinajstić information content (AvgIpc) is 2.85. The third-order valence-electron chi connectivity index (χ3n) is 2.64. The van der Waals surface area contributed by atoms with Crippen LogP contribution in [0.1, 0.15) is 22.8 Å². The maximum absolute atomic E-state index is 10.9. The number of nitrogens with zero attached hydrogens (tertiary/aromatic N) is 2. The first-order valence-electron chi connectivity index (χ1n) is 5.87. The molecule has 0 aliphatic carbocycles. The quantitative estimate of drug-likeness (QED) is 0.826. The molecule has 1 heterocycles. The fourth-order valence-electron chi connectivity index (χ4n) is 1.63. The zero-order valence-electron chi connectivity index (χ0n) is 10.6. The second-order valence-electron chi connectivity index (χ2n) is 4.07. The third kappa shape index (κ3) is 3.40. The van der Waals surface area contributed by atoms with Gasteiger partial charge in [-0.3, -0.25) is 4.68 Å². The van der Waals surface area contributed by atoms with E-state index in [0.717, 1.165) is 12.1 Å². The van der Waals surface area contributed by atoms with E-state index in [1.165, 1.54) is 12.1 Å². The van der Waals surface area contributed by atoms with Gasteiger partial charge in [-0.05, 0) is 50.9 Å². The van der Waals surface area contributed by atoms with Crippen LogP contribution >= 0.6 is 31.9 Å². The SMILES string of the molecule is CCn1cc(COc2c(Br)cc(C(=O)O)cc2Br)cn1. The number of rotatable bonds is 5. The number of aryl methyl sites for hydroxylation is 1. The molecular formula is C13H12Br2N2O3. The van der Waals surface area contributed by atoms with Crippen LogP contribution in [0.15, 0.2) is 33.5 Å². The number of ether oxygens (including phenoxy) is 1. The minimum Gasteiger partial charge on any atom is -0.486 e. The van der Waals surface area contributed by atoms with Gasteiger partial charge in [-0.15, -0.1) is 0 Å². The Morgan fingerprint density at radius 1 is 1.40 bits per heavy atom. The van der Waals surface area contributed by atoms with Crippen molar-refractivity contribution in [2.75, 3.05) is 0 Å². The van der Waals surface area contributed by atoms with Crippen molar-refractivity contribution in [1.29, 1.82) is 0 Å². The molecule has 1 N–H and O–H groups in total. The molecule has 0 aliphatic heterocycles. The topological polar surface area (TPSA) is 64.3 Å². The summed E-state index contributed by atoms with van der Waals surface area (Å²) in [6.07, 6.45) is 3.66. The molecule has 106 valence electrons. The van der Waals surface area contributed by atoms with Gasteiger partial charge in [-0.2, -0.15) is 5.10 Å².